The smallest absolute Gasteiger partial charge is 0.180 e. The molecule has 1 aromatic carbocycles. The van der Waals surface area contributed by atoms with Crippen LogP contribution in [0.5, 0.6) is 0 Å². The van der Waals surface area contributed by atoms with E-state index >= 15 is 0 Å². The number of likely N-dealkylation sites (N-methyl/N-ethyl adjacent to an activating group) is 1. The maximum atomic E-state index is 12.2. The Morgan fingerprint density at radius 1 is 1.23 bits per heavy atom. The highest BCUT2D eigenvalue weighted by molar-refractivity contribution is 7.91. The monoisotopic (exact) mass is 326 g/mol. The van der Waals surface area contributed by atoms with Gasteiger partial charge in [-0.1, -0.05) is 19.1 Å². The summed E-state index contributed by atoms with van der Waals surface area (Å²) in [5.41, 5.74) is 0.693. The van der Waals surface area contributed by atoms with Crippen molar-refractivity contribution < 1.29 is 13.2 Å². The molecule has 0 atom stereocenters. The van der Waals surface area contributed by atoms with E-state index in [-0.39, 0.29) is 11.3 Å². The van der Waals surface area contributed by atoms with Crippen LogP contribution in [0.25, 0.3) is 0 Å². The minimum atomic E-state index is -3.22. The van der Waals surface area contributed by atoms with Crippen LogP contribution in [0, 0.1) is 0 Å². The molecule has 6 heteroatoms. The van der Waals surface area contributed by atoms with Gasteiger partial charge in [0.1, 0.15) is 0 Å². The molecule has 1 aliphatic rings. The highest BCUT2D eigenvalue weighted by Gasteiger charge is 2.34. The summed E-state index contributed by atoms with van der Waals surface area (Å²) < 4.78 is 29.9. The zero-order valence-corrected chi connectivity index (χ0v) is 14.4. The van der Waals surface area contributed by atoms with Gasteiger partial charge in [-0.2, -0.15) is 0 Å². The van der Waals surface area contributed by atoms with Crippen molar-refractivity contribution >= 4 is 15.5 Å². The first-order valence-electron chi connectivity index (χ1n) is 7.72. The number of benzene rings is 1. The maximum absolute atomic E-state index is 12.2. The average Bonchev–Trinajstić information content (AvgIpc) is 2.54. The number of hydrogen-bond donors (Lipinski definition) is 1. The summed E-state index contributed by atoms with van der Waals surface area (Å²) in [7, 11) is 0.920. The zero-order valence-electron chi connectivity index (χ0n) is 13.6. The molecular weight excluding hydrogens is 300 g/mol. The van der Waals surface area contributed by atoms with Crippen molar-refractivity contribution in [2.24, 2.45) is 0 Å². The molecule has 1 aromatic rings. The van der Waals surface area contributed by atoms with Crippen LogP contribution in [0.2, 0.25) is 0 Å². The van der Waals surface area contributed by atoms with E-state index < -0.39 is 9.84 Å². The first-order valence-corrected chi connectivity index (χ1v) is 9.37. The summed E-state index contributed by atoms with van der Waals surface area (Å²) in [5, 5.41) is 3.37. The van der Waals surface area contributed by atoms with Crippen molar-refractivity contribution in [2.75, 3.05) is 44.9 Å². The molecule has 22 heavy (non-hydrogen) atoms. The molecule has 0 aromatic heterocycles. The van der Waals surface area contributed by atoms with Crippen LogP contribution in [0.15, 0.2) is 29.2 Å². The Kier molecular flexibility index (Phi) is 5.47. The molecule has 0 aliphatic carbocycles. The normalized spacial score (nSPS) is 18.4. The lowest BCUT2D eigenvalue weighted by Gasteiger charge is -2.43. The van der Waals surface area contributed by atoms with E-state index in [4.69, 9.17) is 4.74 Å². The third kappa shape index (κ3) is 3.62. The summed E-state index contributed by atoms with van der Waals surface area (Å²) in [5.74, 6) is 0.109. The zero-order chi connectivity index (χ0) is 16.2. The van der Waals surface area contributed by atoms with Gasteiger partial charge < -0.3 is 15.0 Å². The summed E-state index contributed by atoms with van der Waals surface area (Å²) in [6, 6.07) is 7.14. The van der Waals surface area contributed by atoms with Crippen LogP contribution >= 0.6 is 0 Å². The second-order valence-corrected chi connectivity index (χ2v) is 8.23. The number of para-hydroxylation sites is 1. The van der Waals surface area contributed by atoms with Crippen molar-refractivity contribution in [3.05, 3.63) is 24.3 Å². The van der Waals surface area contributed by atoms with E-state index in [0.717, 1.165) is 26.1 Å². The van der Waals surface area contributed by atoms with Crippen LogP contribution in [0.3, 0.4) is 0 Å². The molecule has 124 valence electrons. The summed E-state index contributed by atoms with van der Waals surface area (Å²) in [6.45, 7) is 3.87. The van der Waals surface area contributed by atoms with Gasteiger partial charge in [-0.25, -0.2) is 8.42 Å². The highest BCUT2D eigenvalue weighted by Crippen LogP contribution is 2.28. The molecule has 2 rings (SSSR count). The molecular formula is C16H26N2O3S. The maximum Gasteiger partial charge on any atom is 0.180 e. The number of hydrogen-bond acceptors (Lipinski definition) is 5. The van der Waals surface area contributed by atoms with E-state index in [2.05, 4.69) is 24.3 Å². The van der Waals surface area contributed by atoms with E-state index in [1.54, 1.807) is 19.1 Å². The van der Waals surface area contributed by atoms with Gasteiger partial charge in [0, 0.05) is 25.3 Å². The van der Waals surface area contributed by atoms with Gasteiger partial charge >= 0.3 is 0 Å². The molecule has 0 spiro atoms. The molecule has 1 heterocycles. The second-order valence-electron chi connectivity index (χ2n) is 5.98. The lowest BCUT2D eigenvalue weighted by molar-refractivity contribution is -0.000651. The highest BCUT2D eigenvalue weighted by atomic mass is 32.2. The largest absolute Gasteiger partial charge is 0.382 e. The Bertz CT molecular complexity index is 593. The Labute approximate surface area is 133 Å². The van der Waals surface area contributed by atoms with E-state index in [1.165, 1.54) is 0 Å². The Balaban J connectivity index is 2.21. The predicted molar refractivity (Wildman–Crippen MR) is 89.1 cm³/mol. The van der Waals surface area contributed by atoms with Crippen LogP contribution in [0.4, 0.5) is 5.69 Å². The molecule has 0 amide bonds. The quantitative estimate of drug-likeness (QED) is 0.866. The Hall–Kier alpha value is -1.11. The van der Waals surface area contributed by atoms with Gasteiger partial charge in [0.2, 0.25) is 0 Å². The standard InChI is InChI=1S/C16H26N2O3S/c1-4-22(19,20)15-8-6-5-7-14(15)17-13-16(18(2)3)9-11-21-12-10-16/h5-8,17H,4,9-13H2,1-3H3. The van der Waals surface area contributed by atoms with Crippen LogP contribution in [-0.4, -0.2) is 58.5 Å². The van der Waals surface area contributed by atoms with Crippen molar-refractivity contribution in [3.8, 4) is 0 Å². The summed E-state index contributed by atoms with van der Waals surface area (Å²) >= 11 is 0. The molecule has 1 aliphatic heterocycles. The SMILES string of the molecule is CCS(=O)(=O)c1ccccc1NCC1(N(C)C)CCOCC1. The van der Waals surface area contributed by atoms with Crippen molar-refractivity contribution in [1.29, 1.82) is 0 Å². The Morgan fingerprint density at radius 2 is 1.86 bits per heavy atom. The van der Waals surface area contributed by atoms with Crippen molar-refractivity contribution in [2.45, 2.75) is 30.2 Å². The lowest BCUT2D eigenvalue weighted by atomic mass is 9.88. The predicted octanol–water partition coefficient (Wildman–Crippen LogP) is 2.00. The van der Waals surface area contributed by atoms with Gasteiger partial charge in [0.15, 0.2) is 9.84 Å². The molecule has 0 bridgehead atoms. The molecule has 0 unspecified atom stereocenters. The number of ether oxygens (including phenoxy) is 1. The van der Waals surface area contributed by atoms with Crippen molar-refractivity contribution in [3.63, 3.8) is 0 Å². The van der Waals surface area contributed by atoms with Gasteiger partial charge in [0.05, 0.1) is 16.3 Å². The van der Waals surface area contributed by atoms with Crippen molar-refractivity contribution in [1.82, 2.24) is 4.90 Å². The van der Waals surface area contributed by atoms with Crippen LogP contribution in [-0.2, 0) is 14.6 Å². The van der Waals surface area contributed by atoms with Gasteiger partial charge in [0.25, 0.3) is 0 Å². The van der Waals surface area contributed by atoms with Gasteiger partial charge in [-0.3, -0.25) is 0 Å². The minimum Gasteiger partial charge on any atom is -0.382 e. The first-order chi connectivity index (χ1) is 10.4. The van der Waals surface area contributed by atoms with Gasteiger partial charge in [-0.15, -0.1) is 0 Å². The van der Waals surface area contributed by atoms with E-state index in [0.29, 0.717) is 17.1 Å². The van der Waals surface area contributed by atoms with Crippen LogP contribution < -0.4 is 5.32 Å². The summed E-state index contributed by atoms with van der Waals surface area (Å²) in [6.07, 6.45) is 1.88. The first kappa shape index (κ1) is 17.2. The summed E-state index contributed by atoms with van der Waals surface area (Å²) in [4.78, 5) is 2.61. The fraction of sp³-hybridized carbons (Fsp3) is 0.625. The number of nitrogens with one attached hydrogen (secondary N) is 1. The average molecular weight is 326 g/mol. The third-order valence-corrected chi connectivity index (χ3v) is 6.37. The van der Waals surface area contributed by atoms with Crippen LogP contribution in [0.1, 0.15) is 19.8 Å². The number of rotatable bonds is 6. The molecule has 5 nitrogen and oxygen atoms in total. The number of nitrogens with zero attached hydrogens (tertiary/aromatic N) is 1. The topological polar surface area (TPSA) is 58.6 Å². The Morgan fingerprint density at radius 3 is 2.45 bits per heavy atom. The minimum absolute atomic E-state index is 0.00133. The molecule has 0 radical (unpaired) electrons. The van der Waals surface area contributed by atoms with E-state index in [9.17, 15) is 8.42 Å². The van der Waals surface area contributed by atoms with E-state index in [1.807, 2.05) is 12.1 Å². The molecule has 1 fully saturated rings. The molecule has 1 saturated heterocycles. The molecule has 0 saturated carbocycles. The fourth-order valence-electron chi connectivity index (χ4n) is 2.83. The van der Waals surface area contributed by atoms with Gasteiger partial charge in [-0.05, 0) is 39.1 Å². The fourth-order valence-corrected chi connectivity index (χ4v) is 3.90. The lowest BCUT2D eigenvalue weighted by Crippen LogP contribution is -2.53. The third-order valence-electron chi connectivity index (χ3n) is 4.58. The second kappa shape index (κ2) is 6.98. The molecule has 1 N–H and O–H groups in total. The number of sulfone groups is 1. The number of anilines is 1.